The van der Waals surface area contributed by atoms with Crippen molar-refractivity contribution in [2.45, 2.75) is 84.2 Å². The summed E-state index contributed by atoms with van der Waals surface area (Å²) >= 11 is -1.97. The van der Waals surface area contributed by atoms with E-state index in [9.17, 15) is 13.8 Å². The maximum absolute atomic E-state index is 13.3. The van der Waals surface area contributed by atoms with Crippen LogP contribution in [0, 0.1) is 6.92 Å². The summed E-state index contributed by atoms with van der Waals surface area (Å²) in [6.07, 6.45) is 5.50. The van der Waals surface area contributed by atoms with Crippen molar-refractivity contribution >= 4 is 34.4 Å². The van der Waals surface area contributed by atoms with Crippen molar-refractivity contribution in [1.29, 1.82) is 0 Å². The lowest BCUT2D eigenvalue weighted by molar-refractivity contribution is 0.0695. The van der Waals surface area contributed by atoms with E-state index in [1.54, 1.807) is 51.9 Å². The van der Waals surface area contributed by atoms with Crippen LogP contribution in [0.4, 0.5) is 5.69 Å². The van der Waals surface area contributed by atoms with Gasteiger partial charge in [-0.3, -0.25) is 19.4 Å². The summed E-state index contributed by atoms with van der Waals surface area (Å²) < 4.78 is 23.1. The first-order valence-corrected chi connectivity index (χ1v) is 16.1. The lowest BCUT2D eigenvalue weighted by atomic mass is 9.93. The van der Waals surface area contributed by atoms with E-state index >= 15 is 0 Å². The highest BCUT2D eigenvalue weighted by Crippen LogP contribution is 2.26. The van der Waals surface area contributed by atoms with Crippen LogP contribution in [0.1, 0.15) is 104 Å². The summed E-state index contributed by atoms with van der Waals surface area (Å²) in [4.78, 5) is 28.2. The molecule has 1 aliphatic rings. The molecule has 44 heavy (non-hydrogen) atoms. The molecule has 0 bridgehead atoms. The van der Waals surface area contributed by atoms with Crippen molar-refractivity contribution in [1.82, 2.24) is 30.0 Å². The van der Waals surface area contributed by atoms with E-state index in [2.05, 4.69) is 46.1 Å². The zero-order valence-corrected chi connectivity index (χ0v) is 27.0. The van der Waals surface area contributed by atoms with Crippen molar-refractivity contribution in [3.63, 3.8) is 0 Å². The molecule has 2 atom stereocenters. The molecule has 2 aromatic carbocycles. The van der Waals surface area contributed by atoms with Gasteiger partial charge in [0.1, 0.15) is 5.75 Å². The number of amides is 2. The van der Waals surface area contributed by atoms with Crippen molar-refractivity contribution in [2.24, 2.45) is 0 Å². The second-order valence-corrected chi connectivity index (χ2v) is 13.4. The van der Waals surface area contributed by atoms with Gasteiger partial charge in [0, 0.05) is 41.4 Å². The summed E-state index contributed by atoms with van der Waals surface area (Å²) in [6.45, 7) is 9.99. The molecule has 1 aliphatic carbocycles. The number of anilines is 1. The highest BCUT2D eigenvalue weighted by atomic mass is 32.2. The Morgan fingerprint density at radius 2 is 1.84 bits per heavy atom. The van der Waals surface area contributed by atoms with Gasteiger partial charge in [0.05, 0.1) is 11.7 Å². The Hall–Kier alpha value is -4.19. The number of hydrogen-bond acceptors (Lipinski definition) is 6. The van der Waals surface area contributed by atoms with Gasteiger partial charge >= 0.3 is 11.3 Å². The fourth-order valence-corrected chi connectivity index (χ4v) is 6.10. The zero-order valence-electron chi connectivity index (χ0n) is 26.1. The molecule has 2 amide bonds. The number of aryl methyl sites for hydroxylation is 1. The Morgan fingerprint density at radius 1 is 1.09 bits per heavy atom. The second kappa shape index (κ2) is 12.8. The maximum Gasteiger partial charge on any atom is 0.316 e. The molecule has 3 N–H and O–H groups in total. The van der Waals surface area contributed by atoms with E-state index in [1.165, 1.54) is 6.42 Å². The SMILES string of the molecule is Cc1ccc(NS(=O)Oc2cccc(C(=O)N(C)C3CCCCC3)c2)cc1C(=O)NC(C)c1nnc2cc(C(C)(C)C)[nH]n12. The van der Waals surface area contributed by atoms with Gasteiger partial charge in [-0.15, -0.1) is 10.2 Å². The first kappa shape index (κ1) is 31.2. The highest BCUT2D eigenvalue weighted by Gasteiger charge is 2.24. The van der Waals surface area contributed by atoms with Gasteiger partial charge in [0.25, 0.3) is 11.8 Å². The van der Waals surface area contributed by atoms with E-state index in [0.29, 0.717) is 34.0 Å². The van der Waals surface area contributed by atoms with Gasteiger partial charge in [0.15, 0.2) is 11.5 Å². The Labute approximate surface area is 260 Å². The monoisotopic (exact) mass is 619 g/mol. The van der Waals surface area contributed by atoms with E-state index in [0.717, 1.165) is 36.9 Å². The Bertz CT molecular complexity index is 1680. The Balaban J connectivity index is 1.23. The molecule has 2 heterocycles. The lowest BCUT2D eigenvalue weighted by Gasteiger charge is -2.31. The normalized spacial score (nSPS) is 15.5. The molecule has 0 aliphatic heterocycles. The zero-order chi connectivity index (χ0) is 31.6. The summed E-state index contributed by atoms with van der Waals surface area (Å²) in [5.41, 5.74) is 3.69. The molecule has 1 fully saturated rings. The number of nitrogens with zero attached hydrogens (tertiary/aromatic N) is 4. The van der Waals surface area contributed by atoms with Crippen LogP contribution in [0.15, 0.2) is 48.5 Å². The van der Waals surface area contributed by atoms with Crippen LogP contribution in [0.25, 0.3) is 5.65 Å². The smallest absolute Gasteiger partial charge is 0.316 e. The van der Waals surface area contributed by atoms with Gasteiger partial charge in [-0.25, -0.2) is 4.52 Å². The molecule has 234 valence electrons. The molecule has 0 spiro atoms. The van der Waals surface area contributed by atoms with Gasteiger partial charge in [-0.2, -0.15) is 4.21 Å². The van der Waals surface area contributed by atoms with Crippen molar-refractivity contribution in [2.75, 3.05) is 11.8 Å². The summed E-state index contributed by atoms with van der Waals surface area (Å²) in [5.74, 6) is 0.493. The summed E-state index contributed by atoms with van der Waals surface area (Å²) in [7, 11) is 1.84. The van der Waals surface area contributed by atoms with Crippen LogP contribution in [0.2, 0.25) is 0 Å². The summed E-state index contributed by atoms with van der Waals surface area (Å²) in [6, 6.07) is 13.6. The molecule has 4 aromatic rings. The molecule has 0 saturated heterocycles. The van der Waals surface area contributed by atoms with Crippen LogP contribution in [-0.2, 0) is 16.7 Å². The molecule has 11 nitrogen and oxygen atoms in total. The quantitative estimate of drug-likeness (QED) is 0.222. The molecule has 2 aromatic heterocycles. The predicted octanol–water partition coefficient (Wildman–Crippen LogP) is 5.63. The third-order valence-corrected chi connectivity index (χ3v) is 8.89. The van der Waals surface area contributed by atoms with E-state index < -0.39 is 17.3 Å². The molecule has 2 unspecified atom stereocenters. The number of carbonyl (C=O) groups excluding carboxylic acids is 2. The van der Waals surface area contributed by atoms with Crippen LogP contribution in [-0.4, -0.2) is 53.8 Å². The number of fused-ring (bicyclic) bond motifs is 1. The predicted molar refractivity (Wildman–Crippen MR) is 171 cm³/mol. The van der Waals surface area contributed by atoms with Gasteiger partial charge in [-0.1, -0.05) is 52.2 Å². The number of aromatic nitrogens is 4. The van der Waals surface area contributed by atoms with Gasteiger partial charge < -0.3 is 14.4 Å². The largest absolute Gasteiger partial charge is 0.385 e. The molecule has 5 rings (SSSR count). The van der Waals surface area contributed by atoms with Crippen molar-refractivity contribution in [3.8, 4) is 5.75 Å². The average molecular weight is 620 g/mol. The number of aromatic amines is 1. The van der Waals surface area contributed by atoms with Gasteiger partial charge in [-0.05, 0) is 62.6 Å². The number of benzene rings is 2. The minimum atomic E-state index is -1.97. The van der Waals surface area contributed by atoms with E-state index in [1.807, 2.05) is 27.0 Å². The van der Waals surface area contributed by atoms with Crippen molar-refractivity contribution in [3.05, 3.63) is 76.7 Å². The molecule has 1 saturated carbocycles. The van der Waals surface area contributed by atoms with Crippen LogP contribution in [0.3, 0.4) is 0 Å². The number of H-pyrrole nitrogens is 1. The first-order valence-electron chi connectivity index (χ1n) is 15.0. The number of nitrogens with one attached hydrogen (secondary N) is 3. The van der Waals surface area contributed by atoms with Gasteiger partial charge in [0.2, 0.25) is 0 Å². The minimum absolute atomic E-state index is 0.0812. The highest BCUT2D eigenvalue weighted by molar-refractivity contribution is 7.81. The third-order valence-electron chi connectivity index (χ3n) is 8.14. The topological polar surface area (TPSA) is 134 Å². The van der Waals surface area contributed by atoms with Crippen LogP contribution in [0.5, 0.6) is 5.75 Å². The Morgan fingerprint density at radius 3 is 2.57 bits per heavy atom. The van der Waals surface area contributed by atoms with E-state index in [-0.39, 0.29) is 23.3 Å². The summed E-state index contributed by atoms with van der Waals surface area (Å²) in [5, 5.41) is 14.8. The van der Waals surface area contributed by atoms with Crippen LogP contribution < -0.4 is 14.2 Å². The number of hydrogen-bond donors (Lipinski definition) is 3. The minimum Gasteiger partial charge on any atom is -0.385 e. The fraction of sp³-hybridized carbons (Fsp3) is 0.438. The molecule has 12 heteroatoms. The second-order valence-electron chi connectivity index (χ2n) is 12.6. The maximum atomic E-state index is 13.3. The number of rotatable bonds is 9. The third kappa shape index (κ3) is 6.96. The molecular weight excluding hydrogens is 578 g/mol. The van der Waals surface area contributed by atoms with Crippen molar-refractivity contribution < 1.29 is 18.0 Å². The molecule has 0 radical (unpaired) electrons. The fourth-order valence-electron chi connectivity index (χ4n) is 5.46. The standard InChI is InChI=1S/C32H41N7O4S/c1-20-15-16-23(18-26(20)30(40)33-21(2)29-35-34-28-19-27(32(3,4)5)36-39(28)29)37-44(42)43-25-14-10-11-22(17-25)31(41)38(6)24-12-8-7-9-13-24/h10-11,14-19,21,24,36-37H,7-9,12-13H2,1-6H3,(H,33,40). The molecular formula is C32H41N7O4S. The first-order chi connectivity index (χ1) is 20.9. The number of carbonyl (C=O) groups is 2. The average Bonchev–Trinajstić information content (AvgIpc) is 3.60. The lowest BCUT2D eigenvalue weighted by Crippen LogP contribution is -2.38. The van der Waals surface area contributed by atoms with Crippen LogP contribution >= 0.6 is 0 Å². The Kier molecular flexibility index (Phi) is 9.10. The van der Waals surface area contributed by atoms with E-state index in [4.69, 9.17) is 4.18 Å².